The van der Waals surface area contributed by atoms with Gasteiger partial charge in [0.15, 0.2) is 0 Å². The first-order valence-corrected chi connectivity index (χ1v) is 6.39. The number of aromatic carboxylic acids is 1. The maximum Gasteiger partial charge on any atom is 0.335 e. The second-order valence-electron chi connectivity index (χ2n) is 3.32. The van der Waals surface area contributed by atoms with Crippen molar-refractivity contribution in [3.05, 3.63) is 39.3 Å². The van der Waals surface area contributed by atoms with E-state index in [-0.39, 0.29) is 5.56 Å². The van der Waals surface area contributed by atoms with E-state index in [0.29, 0.717) is 21.2 Å². The molecule has 2 amide bonds. The highest BCUT2D eigenvalue weighted by atomic mass is 79.9. The molecule has 0 aliphatic carbocycles. The van der Waals surface area contributed by atoms with Crippen LogP contribution in [0, 0.1) is 0 Å². The first kappa shape index (κ1) is 14.7. The summed E-state index contributed by atoms with van der Waals surface area (Å²) in [4.78, 5) is 22.2. The van der Waals surface area contributed by atoms with E-state index < -0.39 is 12.0 Å². The van der Waals surface area contributed by atoms with Gasteiger partial charge in [0.2, 0.25) is 0 Å². The highest BCUT2D eigenvalue weighted by molar-refractivity contribution is 9.11. The number of amides is 2. The lowest BCUT2D eigenvalue weighted by Crippen LogP contribution is -2.29. The molecule has 7 heteroatoms. The predicted octanol–water partition coefficient (Wildman–Crippen LogP) is 3.18. The topological polar surface area (TPSA) is 78.4 Å². The molecule has 0 radical (unpaired) electrons. The molecule has 96 valence electrons. The average Bonchev–Trinajstić information content (AvgIpc) is 2.29. The third-order valence-corrected chi connectivity index (χ3v) is 2.84. The van der Waals surface area contributed by atoms with Gasteiger partial charge >= 0.3 is 12.0 Å². The Bertz CT molecular complexity index is 503. The van der Waals surface area contributed by atoms with Crippen LogP contribution in [0.3, 0.4) is 0 Å². The number of carbonyl (C=O) groups excluding carboxylic acids is 1. The van der Waals surface area contributed by atoms with Crippen LogP contribution in [0.5, 0.6) is 0 Å². The van der Waals surface area contributed by atoms with Crippen LogP contribution in [-0.4, -0.2) is 23.7 Å². The molecule has 0 bridgehead atoms. The number of anilines is 1. The standard InChI is InChI=1S/C11H10Br2N2O3/c1-6(12)5-14-11(18)15-9-3-2-7(10(16)17)4-8(9)13/h2-4H,1,5H2,(H,16,17)(H2,14,15,18). The van der Waals surface area contributed by atoms with E-state index in [1.807, 2.05) is 0 Å². The summed E-state index contributed by atoms with van der Waals surface area (Å²) in [5.74, 6) is -1.03. The van der Waals surface area contributed by atoms with Gasteiger partial charge in [0.25, 0.3) is 0 Å². The second-order valence-corrected chi connectivity index (χ2v) is 5.30. The molecule has 0 fully saturated rings. The van der Waals surface area contributed by atoms with Gasteiger partial charge in [0, 0.05) is 8.96 Å². The Labute approximate surface area is 121 Å². The maximum absolute atomic E-state index is 11.5. The lowest BCUT2D eigenvalue weighted by atomic mass is 10.2. The smallest absolute Gasteiger partial charge is 0.335 e. The molecule has 0 spiro atoms. The number of hydrogen-bond donors (Lipinski definition) is 3. The second kappa shape index (κ2) is 6.55. The minimum atomic E-state index is -1.03. The van der Waals surface area contributed by atoms with Crippen molar-refractivity contribution in [2.75, 3.05) is 11.9 Å². The predicted molar refractivity (Wildman–Crippen MR) is 76.2 cm³/mol. The van der Waals surface area contributed by atoms with Crippen molar-refractivity contribution in [1.82, 2.24) is 5.32 Å². The number of halogens is 2. The van der Waals surface area contributed by atoms with E-state index in [9.17, 15) is 9.59 Å². The zero-order valence-electron chi connectivity index (χ0n) is 9.17. The van der Waals surface area contributed by atoms with Crippen LogP contribution >= 0.6 is 31.9 Å². The maximum atomic E-state index is 11.5. The molecule has 0 saturated heterocycles. The normalized spacial score (nSPS) is 9.67. The number of nitrogens with one attached hydrogen (secondary N) is 2. The molecule has 18 heavy (non-hydrogen) atoms. The van der Waals surface area contributed by atoms with E-state index in [4.69, 9.17) is 5.11 Å². The first-order valence-electron chi connectivity index (χ1n) is 4.81. The summed E-state index contributed by atoms with van der Waals surface area (Å²) in [7, 11) is 0. The fourth-order valence-corrected chi connectivity index (χ4v) is 1.71. The Kier molecular flexibility index (Phi) is 5.36. The van der Waals surface area contributed by atoms with Crippen LogP contribution in [0.1, 0.15) is 10.4 Å². The van der Waals surface area contributed by atoms with Gasteiger partial charge in [-0.3, -0.25) is 0 Å². The molecule has 0 atom stereocenters. The Balaban J connectivity index is 2.70. The van der Waals surface area contributed by atoms with Crippen molar-refractivity contribution in [1.29, 1.82) is 0 Å². The molecular formula is C11H10Br2N2O3. The molecule has 0 aliphatic rings. The minimum Gasteiger partial charge on any atom is -0.478 e. The number of carboxylic acid groups (broad SMARTS) is 1. The Hall–Kier alpha value is -1.34. The van der Waals surface area contributed by atoms with Crippen molar-refractivity contribution in [3.8, 4) is 0 Å². The monoisotopic (exact) mass is 376 g/mol. The number of urea groups is 1. The lowest BCUT2D eigenvalue weighted by Gasteiger charge is -2.09. The van der Waals surface area contributed by atoms with Crippen LogP contribution in [-0.2, 0) is 0 Å². The third kappa shape index (κ3) is 4.50. The minimum absolute atomic E-state index is 0.140. The van der Waals surface area contributed by atoms with Crippen molar-refractivity contribution in [2.45, 2.75) is 0 Å². The number of hydrogen-bond acceptors (Lipinski definition) is 2. The van der Waals surface area contributed by atoms with Crippen molar-refractivity contribution < 1.29 is 14.7 Å². The molecule has 3 N–H and O–H groups in total. The molecule has 0 saturated carbocycles. The Morgan fingerprint density at radius 2 is 2.06 bits per heavy atom. The molecule has 1 aromatic carbocycles. The third-order valence-electron chi connectivity index (χ3n) is 1.90. The molecule has 0 aromatic heterocycles. The summed E-state index contributed by atoms with van der Waals surface area (Å²) in [6.07, 6.45) is 0. The van der Waals surface area contributed by atoms with E-state index in [2.05, 4.69) is 49.1 Å². The van der Waals surface area contributed by atoms with Crippen molar-refractivity contribution in [2.24, 2.45) is 0 Å². The first-order chi connectivity index (χ1) is 8.40. The number of carbonyl (C=O) groups is 2. The van der Waals surface area contributed by atoms with Crippen molar-refractivity contribution in [3.63, 3.8) is 0 Å². The Morgan fingerprint density at radius 1 is 1.39 bits per heavy atom. The molecule has 1 aromatic rings. The van der Waals surface area contributed by atoms with E-state index in [0.717, 1.165) is 0 Å². The fraction of sp³-hybridized carbons (Fsp3) is 0.0909. The molecular weight excluding hydrogens is 368 g/mol. The van der Waals surface area contributed by atoms with Gasteiger partial charge in [0.05, 0.1) is 17.8 Å². The zero-order valence-corrected chi connectivity index (χ0v) is 12.3. The van der Waals surface area contributed by atoms with Crippen LogP contribution in [0.15, 0.2) is 33.7 Å². The van der Waals surface area contributed by atoms with Crippen molar-refractivity contribution >= 4 is 49.5 Å². The zero-order chi connectivity index (χ0) is 13.7. The van der Waals surface area contributed by atoms with Gasteiger partial charge in [-0.15, -0.1) is 0 Å². The van der Waals surface area contributed by atoms with Crippen LogP contribution in [0.25, 0.3) is 0 Å². The summed E-state index contributed by atoms with van der Waals surface area (Å²) >= 11 is 6.31. The summed E-state index contributed by atoms with van der Waals surface area (Å²) in [6, 6.07) is 3.93. The molecule has 1 rings (SSSR count). The van der Waals surface area contributed by atoms with Gasteiger partial charge in [0.1, 0.15) is 0 Å². The average molecular weight is 378 g/mol. The highest BCUT2D eigenvalue weighted by Gasteiger charge is 2.08. The van der Waals surface area contributed by atoms with Crippen LogP contribution < -0.4 is 10.6 Å². The van der Waals surface area contributed by atoms with Gasteiger partial charge < -0.3 is 15.7 Å². The lowest BCUT2D eigenvalue weighted by molar-refractivity contribution is 0.0697. The molecule has 5 nitrogen and oxygen atoms in total. The summed E-state index contributed by atoms with van der Waals surface area (Å²) in [5, 5.41) is 13.9. The summed E-state index contributed by atoms with van der Waals surface area (Å²) in [5.41, 5.74) is 0.624. The number of carboxylic acids is 1. The summed E-state index contributed by atoms with van der Waals surface area (Å²) < 4.78 is 1.15. The van der Waals surface area contributed by atoms with E-state index in [1.54, 1.807) is 0 Å². The van der Waals surface area contributed by atoms with Gasteiger partial charge in [-0.1, -0.05) is 22.5 Å². The van der Waals surface area contributed by atoms with E-state index >= 15 is 0 Å². The van der Waals surface area contributed by atoms with E-state index in [1.165, 1.54) is 18.2 Å². The number of benzene rings is 1. The quantitative estimate of drug-likeness (QED) is 0.753. The molecule has 0 unspecified atom stereocenters. The molecule has 0 heterocycles. The summed E-state index contributed by atoms with van der Waals surface area (Å²) in [6.45, 7) is 3.88. The van der Waals surface area contributed by atoms with Gasteiger partial charge in [-0.25, -0.2) is 9.59 Å². The fourth-order valence-electron chi connectivity index (χ4n) is 1.09. The highest BCUT2D eigenvalue weighted by Crippen LogP contribution is 2.23. The SMILES string of the molecule is C=C(Br)CNC(=O)Nc1ccc(C(=O)O)cc1Br. The largest absolute Gasteiger partial charge is 0.478 e. The Morgan fingerprint density at radius 3 is 2.56 bits per heavy atom. The van der Waals surface area contributed by atoms with Gasteiger partial charge in [-0.05, 0) is 34.1 Å². The van der Waals surface area contributed by atoms with Gasteiger partial charge in [-0.2, -0.15) is 0 Å². The number of rotatable bonds is 4. The van der Waals surface area contributed by atoms with Crippen LogP contribution in [0.2, 0.25) is 0 Å². The van der Waals surface area contributed by atoms with Crippen LogP contribution in [0.4, 0.5) is 10.5 Å². The molecule has 0 aliphatic heterocycles.